The van der Waals surface area contributed by atoms with E-state index in [2.05, 4.69) is 19.2 Å². The van der Waals surface area contributed by atoms with E-state index in [1.54, 1.807) is 7.11 Å². The van der Waals surface area contributed by atoms with Crippen LogP contribution in [0, 0.1) is 0 Å². The monoisotopic (exact) mass is 277 g/mol. The van der Waals surface area contributed by atoms with Crippen molar-refractivity contribution in [2.45, 2.75) is 32.8 Å². The molecule has 1 N–H and O–H groups in total. The predicted molar refractivity (Wildman–Crippen MR) is 76.7 cm³/mol. The Morgan fingerprint density at radius 2 is 1.53 bits per heavy atom. The third-order valence-corrected chi connectivity index (χ3v) is 2.64. The Hall–Kier alpha value is -0.200. The topological polar surface area (TPSA) is 49.0 Å². The second-order valence-corrected chi connectivity index (χ2v) is 4.32. The lowest BCUT2D eigenvalue weighted by Gasteiger charge is -2.16. The Morgan fingerprint density at radius 1 is 0.895 bits per heavy atom. The zero-order chi connectivity index (χ0) is 14.2. The minimum Gasteiger partial charge on any atom is -0.382 e. The van der Waals surface area contributed by atoms with E-state index < -0.39 is 0 Å². The van der Waals surface area contributed by atoms with E-state index in [4.69, 9.17) is 18.9 Å². The van der Waals surface area contributed by atoms with Crippen LogP contribution in [-0.4, -0.2) is 65.9 Å². The van der Waals surface area contributed by atoms with Crippen LogP contribution in [0.5, 0.6) is 0 Å². The third kappa shape index (κ3) is 14.0. The summed E-state index contributed by atoms with van der Waals surface area (Å²) in [5.74, 6) is 0. The molecule has 0 aliphatic carbocycles. The van der Waals surface area contributed by atoms with Gasteiger partial charge >= 0.3 is 0 Å². The van der Waals surface area contributed by atoms with E-state index >= 15 is 0 Å². The van der Waals surface area contributed by atoms with E-state index in [0.29, 0.717) is 39.6 Å². The lowest BCUT2D eigenvalue weighted by molar-refractivity contribution is -0.0165. The molecule has 5 nitrogen and oxygen atoms in total. The van der Waals surface area contributed by atoms with Crippen LogP contribution in [0.4, 0.5) is 0 Å². The van der Waals surface area contributed by atoms with Gasteiger partial charge in [-0.3, -0.25) is 0 Å². The molecular weight excluding hydrogens is 246 g/mol. The molecule has 1 unspecified atom stereocenters. The molecule has 116 valence electrons. The van der Waals surface area contributed by atoms with Gasteiger partial charge in [0, 0.05) is 13.7 Å². The summed E-state index contributed by atoms with van der Waals surface area (Å²) in [6.07, 6.45) is 2.47. The molecule has 5 heteroatoms. The first-order valence-corrected chi connectivity index (χ1v) is 7.31. The fourth-order valence-corrected chi connectivity index (χ4v) is 1.50. The summed E-state index contributed by atoms with van der Waals surface area (Å²) in [6, 6.07) is 0. The van der Waals surface area contributed by atoms with Crippen molar-refractivity contribution >= 4 is 0 Å². The summed E-state index contributed by atoms with van der Waals surface area (Å²) in [5, 5.41) is 3.37. The van der Waals surface area contributed by atoms with Crippen LogP contribution in [0.2, 0.25) is 0 Å². The largest absolute Gasteiger partial charge is 0.382 e. The molecule has 0 aromatic heterocycles. The van der Waals surface area contributed by atoms with Crippen molar-refractivity contribution in [3.8, 4) is 0 Å². The first kappa shape index (κ1) is 18.8. The standard InChI is InChI=1S/C14H31NO4/c1-4-6-15-13-14(5-2)19-12-11-18-10-9-17-8-7-16-3/h14-15H,4-13H2,1-3H3. The highest BCUT2D eigenvalue weighted by Gasteiger charge is 2.05. The predicted octanol–water partition coefficient (Wildman–Crippen LogP) is 1.46. The minimum absolute atomic E-state index is 0.285. The quantitative estimate of drug-likeness (QED) is 0.459. The van der Waals surface area contributed by atoms with Crippen LogP contribution in [0.15, 0.2) is 0 Å². The number of nitrogens with one attached hydrogen (secondary N) is 1. The number of ether oxygens (including phenoxy) is 4. The highest BCUT2D eigenvalue weighted by molar-refractivity contribution is 4.59. The highest BCUT2D eigenvalue weighted by atomic mass is 16.6. The fraction of sp³-hybridized carbons (Fsp3) is 1.00. The molecule has 0 amide bonds. The lowest BCUT2D eigenvalue weighted by Crippen LogP contribution is -2.30. The first-order chi connectivity index (χ1) is 9.35. The molecule has 0 rings (SSSR count). The maximum absolute atomic E-state index is 5.73. The molecule has 0 fully saturated rings. The average molecular weight is 277 g/mol. The van der Waals surface area contributed by atoms with E-state index in [9.17, 15) is 0 Å². The van der Waals surface area contributed by atoms with Crippen molar-refractivity contribution in [3.05, 3.63) is 0 Å². The molecule has 0 aromatic carbocycles. The molecule has 0 bridgehead atoms. The van der Waals surface area contributed by atoms with Gasteiger partial charge in [-0.2, -0.15) is 0 Å². The van der Waals surface area contributed by atoms with Gasteiger partial charge in [-0.05, 0) is 19.4 Å². The molecule has 0 saturated heterocycles. The number of hydrogen-bond donors (Lipinski definition) is 1. The van der Waals surface area contributed by atoms with E-state index in [0.717, 1.165) is 25.9 Å². The summed E-state index contributed by atoms with van der Waals surface area (Å²) in [7, 11) is 1.66. The third-order valence-electron chi connectivity index (χ3n) is 2.64. The lowest BCUT2D eigenvalue weighted by atomic mass is 10.2. The summed E-state index contributed by atoms with van der Waals surface area (Å²) >= 11 is 0. The number of rotatable bonds is 15. The summed E-state index contributed by atoms with van der Waals surface area (Å²) in [4.78, 5) is 0. The maximum Gasteiger partial charge on any atom is 0.0704 e. The molecule has 0 heterocycles. The Balaban J connectivity index is 3.21. The van der Waals surface area contributed by atoms with Crippen LogP contribution in [-0.2, 0) is 18.9 Å². The van der Waals surface area contributed by atoms with Gasteiger partial charge in [0.15, 0.2) is 0 Å². The van der Waals surface area contributed by atoms with E-state index in [1.807, 2.05) is 0 Å². The Kier molecular flexibility index (Phi) is 15.7. The molecule has 1 atom stereocenters. The van der Waals surface area contributed by atoms with Gasteiger partial charge in [0.25, 0.3) is 0 Å². The van der Waals surface area contributed by atoms with Crippen molar-refractivity contribution in [2.24, 2.45) is 0 Å². The van der Waals surface area contributed by atoms with Gasteiger partial charge in [-0.25, -0.2) is 0 Å². The van der Waals surface area contributed by atoms with Crippen LogP contribution >= 0.6 is 0 Å². The van der Waals surface area contributed by atoms with Crippen LogP contribution < -0.4 is 5.32 Å². The van der Waals surface area contributed by atoms with Crippen LogP contribution in [0.25, 0.3) is 0 Å². The molecular formula is C14H31NO4. The molecule has 0 aliphatic rings. The molecule has 0 spiro atoms. The van der Waals surface area contributed by atoms with Crippen LogP contribution in [0.3, 0.4) is 0 Å². The second kappa shape index (κ2) is 15.9. The summed E-state index contributed by atoms with van der Waals surface area (Å²) in [6.45, 7) is 10.0. The number of methoxy groups -OCH3 is 1. The van der Waals surface area contributed by atoms with Gasteiger partial charge in [-0.1, -0.05) is 13.8 Å². The average Bonchev–Trinajstić information content (AvgIpc) is 2.43. The summed E-state index contributed by atoms with van der Waals surface area (Å²) < 4.78 is 21.3. The van der Waals surface area contributed by atoms with Crippen molar-refractivity contribution in [1.82, 2.24) is 5.32 Å². The fourth-order valence-electron chi connectivity index (χ4n) is 1.50. The van der Waals surface area contributed by atoms with Gasteiger partial charge in [-0.15, -0.1) is 0 Å². The van der Waals surface area contributed by atoms with Gasteiger partial charge in [0.05, 0.1) is 45.7 Å². The molecule has 19 heavy (non-hydrogen) atoms. The zero-order valence-electron chi connectivity index (χ0n) is 12.8. The van der Waals surface area contributed by atoms with Crippen molar-refractivity contribution < 1.29 is 18.9 Å². The molecule has 0 radical (unpaired) electrons. The Labute approximate surface area is 117 Å². The smallest absolute Gasteiger partial charge is 0.0704 e. The van der Waals surface area contributed by atoms with Gasteiger partial charge < -0.3 is 24.3 Å². The first-order valence-electron chi connectivity index (χ1n) is 7.31. The van der Waals surface area contributed by atoms with E-state index in [-0.39, 0.29) is 6.10 Å². The minimum atomic E-state index is 0.285. The molecule has 0 aliphatic heterocycles. The molecule has 0 aromatic rings. The summed E-state index contributed by atoms with van der Waals surface area (Å²) in [5.41, 5.74) is 0. The highest BCUT2D eigenvalue weighted by Crippen LogP contribution is 1.96. The maximum atomic E-state index is 5.73. The van der Waals surface area contributed by atoms with Crippen molar-refractivity contribution in [3.63, 3.8) is 0 Å². The van der Waals surface area contributed by atoms with Crippen molar-refractivity contribution in [1.29, 1.82) is 0 Å². The van der Waals surface area contributed by atoms with Crippen molar-refractivity contribution in [2.75, 3.05) is 59.8 Å². The Morgan fingerprint density at radius 3 is 2.11 bits per heavy atom. The number of hydrogen-bond acceptors (Lipinski definition) is 5. The SMILES string of the molecule is CCCNCC(CC)OCCOCCOCCOC. The van der Waals surface area contributed by atoms with Gasteiger partial charge in [0.1, 0.15) is 0 Å². The van der Waals surface area contributed by atoms with Gasteiger partial charge in [0.2, 0.25) is 0 Å². The molecule has 0 saturated carbocycles. The van der Waals surface area contributed by atoms with Crippen LogP contribution in [0.1, 0.15) is 26.7 Å². The van der Waals surface area contributed by atoms with E-state index in [1.165, 1.54) is 0 Å². The second-order valence-electron chi connectivity index (χ2n) is 4.32. The Bertz CT molecular complexity index is 170. The normalized spacial score (nSPS) is 12.8. The zero-order valence-corrected chi connectivity index (χ0v) is 12.8.